The van der Waals surface area contributed by atoms with Crippen LogP contribution in [0, 0.1) is 5.82 Å². The third-order valence-electron chi connectivity index (χ3n) is 3.40. The van der Waals surface area contributed by atoms with Crippen molar-refractivity contribution in [2.75, 3.05) is 0 Å². The van der Waals surface area contributed by atoms with E-state index in [9.17, 15) is 4.39 Å². The Bertz CT molecular complexity index is 563. The highest BCUT2D eigenvalue weighted by Crippen LogP contribution is 2.36. The Morgan fingerprint density at radius 3 is 2.89 bits per heavy atom. The van der Waals surface area contributed by atoms with E-state index in [1.54, 1.807) is 6.07 Å². The van der Waals surface area contributed by atoms with E-state index in [0.29, 0.717) is 18.1 Å². The lowest BCUT2D eigenvalue weighted by atomic mass is 9.77. The fourth-order valence-electron chi connectivity index (χ4n) is 2.13. The van der Waals surface area contributed by atoms with E-state index in [0.717, 1.165) is 24.8 Å². The predicted octanol–water partition coefficient (Wildman–Crippen LogP) is 2.14. The molecule has 1 aromatic carbocycles. The molecular formula is C13H14FN3O. The third-order valence-corrected chi connectivity index (χ3v) is 3.40. The first-order chi connectivity index (χ1) is 8.66. The zero-order chi connectivity index (χ0) is 12.6. The molecule has 2 aromatic rings. The number of nitrogens with zero attached hydrogens (tertiary/aromatic N) is 2. The Morgan fingerprint density at radius 1 is 1.39 bits per heavy atom. The highest BCUT2D eigenvalue weighted by Gasteiger charge is 2.38. The van der Waals surface area contributed by atoms with Gasteiger partial charge in [-0.1, -0.05) is 17.3 Å². The normalized spacial score (nSPS) is 17.4. The van der Waals surface area contributed by atoms with Gasteiger partial charge < -0.3 is 10.3 Å². The highest BCUT2D eigenvalue weighted by molar-refractivity contribution is 5.20. The zero-order valence-electron chi connectivity index (χ0n) is 9.90. The van der Waals surface area contributed by atoms with Crippen LogP contribution in [-0.4, -0.2) is 10.1 Å². The lowest BCUT2D eigenvalue weighted by molar-refractivity contribution is 0.229. The summed E-state index contributed by atoms with van der Waals surface area (Å²) >= 11 is 0. The summed E-state index contributed by atoms with van der Waals surface area (Å²) in [5.41, 5.74) is 6.51. The Hall–Kier alpha value is -1.75. The first kappa shape index (κ1) is 11.3. The monoisotopic (exact) mass is 247 g/mol. The van der Waals surface area contributed by atoms with Crippen LogP contribution in [0.1, 0.15) is 36.5 Å². The molecule has 4 nitrogen and oxygen atoms in total. The Kier molecular flexibility index (Phi) is 2.63. The molecule has 1 aliphatic carbocycles. The summed E-state index contributed by atoms with van der Waals surface area (Å²) in [6.45, 7) is 0. The van der Waals surface area contributed by atoms with Crippen molar-refractivity contribution < 1.29 is 8.91 Å². The maximum Gasteiger partial charge on any atom is 0.231 e. The molecule has 3 rings (SSSR count). The van der Waals surface area contributed by atoms with Crippen LogP contribution >= 0.6 is 0 Å². The van der Waals surface area contributed by atoms with Gasteiger partial charge in [-0.05, 0) is 37.0 Å². The second-order valence-electron chi connectivity index (χ2n) is 4.83. The van der Waals surface area contributed by atoms with Crippen molar-refractivity contribution in [1.82, 2.24) is 10.1 Å². The molecule has 2 N–H and O–H groups in total. The van der Waals surface area contributed by atoms with Crippen LogP contribution in [0.3, 0.4) is 0 Å². The molecule has 0 radical (unpaired) electrons. The molecule has 1 fully saturated rings. The summed E-state index contributed by atoms with van der Waals surface area (Å²) in [4.78, 5) is 4.30. The quantitative estimate of drug-likeness (QED) is 0.902. The molecule has 0 atom stereocenters. The second-order valence-corrected chi connectivity index (χ2v) is 4.83. The number of benzene rings is 1. The number of hydrogen-bond acceptors (Lipinski definition) is 4. The minimum absolute atomic E-state index is 0.262. The first-order valence-electron chi connectivity index (χ1n) is 6.02. The van der Waals surface area contributed by atoms with E-state index >= 15 is 0 Å². The summed E-state index contributed by atoms with van der Waals surface area (Å²) in [5.74, 6) is 0.786. The minimum atomic E-state index is -0.413. The molecule has 1 aliphatic rings. The van der Waals surface area contributed by atoms with Gasteiger partial charge in [0.05, 0.1) is 12.0 Å². The molecule has 0 saturated heterocycles. The molecule has 0 amide bonds. The van der Waals surface area contributed by atoms with Crippen LogP contribution in [-0.2, 0) is 12.0 Å². The van der Waals surface area contributed by atoms with Gasteiger partial charge in [-0.15, -0.1) is 0 Å². The molecule has 1 saturated carbocycles. The highest BCUT2D eigenvalue weighted by atomic mass is 19.1. The zero-order valence-corrected chi connectivity index (χ0v) is 9.90. The van der Waals surface area contributed by atoms with Crippen LogP contribution in [0.25, 0.3) is 0 Å². The van der Waals surface area contributed by atoms with Crippen LogP contribution in [0.15, 0.2) is 28.8 Å². The average Bonchev–Trinajstić information content (AvgIpc) is 2.75. The molecule has 1 aromatic heterocycles. The number of rotatable bonds is 3. The van der Waals surface area contributed by atoms with E-state index in [-0.39, 0.29) is 5.82 Å². The minimum Gasteiger partial charge on any atom is -0.339 e. The molecule has 94 valence electrons. The smallest absolute Gasteiger partial charge is 0.231 e. The molecule has 5 heteroatoms. The van der Waals surface area contributed by atoms with Crippen LogP contribution in [0.5, 0.6) is 0 Å². The molecule has 0 bridgehead atoms. The van der Waals surface area contributed by atoms with Crippen LogP contribution in [0.2, 0.25) is 0 Å². The van der Waals surface area contributed by atoms with Crippen LogP contribution < -0.4 is 5.73 Å². The van der Waals surface area contributed by atoms with Gasteiger partial charge in [0.15, 0.2) is 5.82 Å². The van der Waals surface area contributed by atoms with E-state index in [4.69, 9.17) is 10.3 Å². The summed E-state index contributed by atoms with van der Waals surface area (Å²) in [6.07, 6.45) is 3.32. The fourth-order valence-corrected chi connectivity index (χ4v) is 2.13. The number of aromatic nitrogens is 2. The van der Waals surface area contributed by atoms with Crippen molar-refractivity contribution in [3.63, 3.8) is 0 Å². The van der Waals surface area contributed by atoms with Gasteiger partial charge in [0, 0.05) is 0 Å². The Labute approximate surface area is 104 Å². The van der Waals surface area contributed by atoms with Gasteiger partial charge in [-0.2, -0.15) is 4.98 Å². The van der Waals surface area contributed by atoms with Crippen molar-refractivity contribution in [3.8, 4) is 0 Å². The summed E-state index contributed by atoms with van der Waals surface area (Å²) in [6, 6.07) is 6.37. The van der Waals surface area contributed by atoms with Gasteiger partial charge >= 0.3 is 0 Å². The van der Waals surface area contributed by atoms with Gasteiger partial charge in [0.2, 0.25) is 5.89 Å². The van der Waals surface area contributed by atoms with Crippen molar-refractivity contribution in [3.05, 3.63) is 47.4 Å². The maximum absolute atomic E-state index is 13.0. The largest absolute Gasteiger partial charge is 0.339 e. The third kappa shape index (κ3) is 2.01. The van der Waals surface area contributed by atoms with Crippen LogP contribution in [0.4, 0.5) is 4.39 Å². The molecule has 18 heavy (non-hydrogen) atoms. The Balaban J connectivity index is 1.78. The van der Waals surface area contributed by atoms with Gasteiger partial charge in [-0.25, -0.2) is 4.39 Å². The van der Waals surface area contributed by atoms with Crippen molar-refractivity contribution in [2.45, 2.75) is 31.2 Å². The van der Waals surface area contributed by atoms with Crippen molar-refractivity contribution >= 4 is 0 Å². The lowest BCUT2D eigenvalue weighted by Gasteiger charge is -2.34. The van der Waals surface area contributed by atoms with Crippen molar-refractivity contribution in [1.29, 1.82) is 0 Å². The number of nitrogens with two attached hydrogens (primary N) is 1. The standard InChI is InChI=1S/C13H14FN3O/c14-10-4-1-3-9(7-10)8-11-16-12(17-18-11)13(15)5-2-6-13/h1,3-4,7H,2,5-6,8,15H2. The number of halogens is 1. The second kappa shape index (κ2) is 4.17. The topological polar surface area (TPSA) is 64.9 Å². The predicted molar refractivity (Wildman–Crippen MR) is 63.2 cm³/mol. The summed E-state index contributed by atoms with van der Waals surface area (Å²) < 4.78 is 18.2. The Morgan fingerprint density at radius 2 is 2.22 bits per heavy atom. The maximum atomic E-state index is 13.0. The van der Waals surface area contributed by atoms with Gasteiger partial charge in [0.25, 0.3) is 0 Å². The SMILES string of the molecule is NC1(c2noc(Cc3cccc(F)c3)n2)CCC1. The van der Waals surface area contributed by atoms with E-state index < -0.39 is 5.54 Å². The molecule has 1 heterocycles. The van der Waals surface area contributed by atoms with E-state index in [2.05, 4.69) is 10.1 Å². The molecule has 0 aliphatic heterocycles. The van der Waals surface area contributed by atoms with E-state index in [1.807, 2.05) is 6.07 Å². The number of hydrogen-bond donors (Lipinski definition) is 1. The lowest BCUT2D eigenvalue weighted by Crippen LogP contribution is -2.44. The fraction of sp³-hybridized carbons (Fsp3) is 0.385. The molecule has 0 spiro atoms. The molecular weight excluding hydrogens is 233 g/mol. The van der Waals surface area contributed by atoms with Crippen molar-refractivity contribution in [2.24, 2.45) is 5.73 Å². The van der Waals surface area contributed by atoms with Gasteiger partial charge in [-0.3, -0.25) is 0 Å². The first-order valence-corrected chi connectivity index (χ1v) is 6.02. The molecule has 0 unspecified atom stereocenters. The average molecular weight is 247 g/mol. The summed E-state index contributed by atoms with van der Waals surface area (Å²) in [7, 11) is 0. The van der Waals surface area contributed by atoms with Gasteiger partial charge in [0.1, 0.15) is 5.82 Å². The van der Waals surface area contributed by atoms with E-state index in [1.165, 1.54) is 12.1 Å². The summed E-state index contributed by atoms with van der Waals surface area (Å²) in [5, 5.41) is 3.92.